The molecule has 8 heteroatoms. The Morgan fingerprint density at radius 1 is 1.14 bits per heavy atom. The Balaban J connectivity index is 4.69. The Hall–Kier alpha value is -1.83. The van der Waals surface area contributed by atoms with E-state index in [1.54, 1.807) is 20.8 Å². The summed E-state index contributed by atoms with van der Waals surface area (Å²) in [5, 5.41) is 13.9. The highest BCUT2D eigenvalue weighted by Crippen LogP contribution is 2.07. The van der Waals surface area contributed by atoms with Crippen molar-refractivity contribution in [2.24, 2.45) is 11.7 Å². The van der Waals surface area contributed by atoms with E-state index in [1.165, 1.54) is 0 Å². The van der Waals surface area contributed by atoms with Gasteiger partial charge in [0.15, 0.2) is 0 Å². The summed E-state index contributed by atoms with van der Waals surface area (Å²) in [6.45, 7) is 8.15. The third-order valence-electron chi connectivity index (χ3n) is 2.56. The standard InChI is InChI=1S/C14H27N3O5/c1-8(2)6-9(11(15)19)16-12(20)10(7-18)17-13(21)22-14(3,4)5/h8-10,18H,6-7H2,1-5H3,(H2,15,19)(H,16,20)(H,17,21)/t9-,10-/m1/s1. The van der Waals surface area contributed by atoms with Crippen molar-refractivity contribution in [3.05, 3.63) is 0 Å². The number of primary amides is 1. The van der Waals surface area contributed by atoms with Gasteiger partial charge in [-0.05, 0) is 33.1 Å². The first kappa shape index (κ1) is 20.2. The molecule has 3 amide bonds. The predicted octanol–water partition coefficient (Wildman–Crippen LogP) is -0.112. The zero-order valence-corrected chi connectivity index (χ0v) is 13.8. The number of hydrogen-bond acceptors (Lipinski definition) is 5. The van der Waals surface area contributed by atoms with Crippen LogP contribution < -0.4 is 16.4 Å². The summed E-state index contributed by atoms with van der Waals surface area (Å²) in [6.07, 6.45) is -0.466. The summed E-state index contributed by atoms with van der Waals surface area (Å²) in [5.74, 6) is -1.22. The summed E-state index contributed by atoms with van der Waals surface area (Å²) in [6, 6.07) is -2.08. The largest absolute Gasteiger partial charge is 0.444 e. The number of nitrogens with one attached hydrogen (secondary N) is 2. The van der Waals surface area contributed by atoms with Gasteiger partial charge in [-0.25, -0.2) is 4.79 Å². The number of carbonyl (C=O) groups is 3. The first-order chi connectivity index (χ1) is 9.96. The molecule has 0 heterocycles. The molecule has 0 radical (unpaired) electrons. The van der Waals surface area contributed by atoms with Crippen molar-refractivity contribution in [1.82, 2.24) is 10.6 Å². The molecule has 0 aromatic heterocycles. The first-order valence-electron chi connectivity index (χ1n) is 7.16. The summed E-state index contributed by atoms with van der Waals surface area (Å²) in [7, 11) is 0. The van der Waals surface area contributed by atoms with E-state index in [1.807, 2.05) is 13.8 Å². The normalized spacial score (nSPS) is 14.1. The Labute approximate surface area is 130 Å². The van der Waals surface area contributed by atoms with Crippen molar-refractivity contribution in [2.75, 3.05) is 6.61 Å². The lowest BCUT2D eigenvalue weighted by atomic mass is 10.0. The van der Waals surface area contributed by atoms with Gasteiger partial charge in [0.05, 0.1) is 6.61 Å². The molecule has 0 saturated heterocycles. The fraction of sp³-hybridized carbons (Fsp3) is 0.786. The maximum absolute atomic E-state index is 12.0. The molecule has 128 valence electrons. The highest BCUT2D eigenvalue weighted by Gasteiger charge is 2.27. The van der Waals surface area contributed by atoms with Gasteiger partial charge in [0.25, 0.3) is 0 Å². The van der Waals surface area contributed by atoms with Gasteiger partial charge < -0.3 is 26.2 Å². The minimum Gasteiger partial charge on any atom is -0.444 e. The molecule has 2 atom stereocenters. The van der Waals surface area contributed by atoms with Crippen molar-refractivity contribution >= 4 is 17.9 Å². The molecule has 0 unspecified atom stereocenters. The van der Waals surface area contributed by atoms with Crippen molar-refractivity contribution in [3.63, 3.8) is 0 Å². The van der Waals surface area contributed by atoms with Crippen LogP contribution in [0.15, 0.2) is 0 Å². The number of hydrogen-bond donors (Lipinski definition) is 4. The second-order valence-electron chi connectivity index (χ2n) is 6.47. The zero-order chi connectivity index (χ0) is 17.5. The van der Waals surface area contributed by atoms with E-state index in [0.29, 0.717) is 6.42 Å². The van der Waals surface area contributed by atoms with Gasteiger partial charge in [-0.1, -0.05) is 13.8 Å². The van der Waals surface area contributed by atoms with Crippen LogP contribution in [0.2, 0.25) is 0 Å². The van der Waals surface area contributed by atoms with E-state index in [9.17, 15) is 19.5 Å². The number of nitrogens with two attached hydrogens (primary N) is 1. The van der Waals surface area contributed by atoms with Gasteiger partial charge in [0, 0.05) is 0 Å². The average molecular weight is 317 g/mol. The number of alkyl carbamates (subject to hydrolysis) is 1. The maximum atomic E-state index is 12.0. The van der Waals surface area contributed by atoms with Crippen LogP contribution in [0.25, 0.3) is 0 Å². The van der Waals surface area contributed by atoms with E-state index in [4.69, 9.17) is 10.5 Å². The van der Waals surface area contributed by atoms with Crippen molar-refractivity contribution in [3.8, 4) is 0 Å². The molecular weight excluding hydrogens is 290 g/mol. The molecule has 0 aliphatic rings. The highest BCUT2D eigenvalue weighted by atomic mass is 16.6. The van der Waals surface area contributed by atoms with E-state index in [2.05, 4.69) is 10.6 Å². The number of carbonyl (C=O) groups excluding carboxylic acids is 3. The highest BCUT2D eigenvalue weighted by molar-refractivity contribution is 5.90. The molecule has 0 rings (SSSR count). The summed E-state index contributed by atoms with van der Waals surface area (Å²) in [4.78, 5) is 35.0. The lowest BCUT2D eigenvalue weighted by Crippen LogP contribution is -2.55. The first-order valence-corrected chi connectivity index (χ1v) is 7.16. The quantitative estimate of drug-likeness (QED) is 0.520. The van der Waals surface area contributed by atoms with E-state index < -0.39 is 42.2 Å². The van der Waals surface area contributed by atoms with E-state index in [0.717, 1.165) is 0 Å². The SMILES string of the molecule is CC(C)C[C@@H](NC(=O)[C@@H](CO)NC(=O)OC(C)(C)C)C(N)=O. The molecule has 0 aliphatic carbocycles. The van der Waals surface area contributed by atoms with Gasteiger partial charge in [0.1, 0.15) is 17.7 Å². The topological polar surface area (TPSA) is 131 Å². The van der Waals surface area contributed by atoms with Crippen LogP contribution in [0.5, 0.6) is 0 Å². The molecule has 0 aromatic carbocycles. The van der Waals surface area contributed by atoms with Crippen LogP contribution in [0.3, 0.4) is 0 Å². The van der Waals surface area contributed by atoms with Crippen LogP contribution in [0, 0.1) is 5.92 Å². The second-order valence-corrected chi connectivity index (χ2v) is 6.47. The van der Waals surface area contributed by atoms with Crippen molar-refractivity contribution < 1.29 is 24.2 Å². The van der Waals surface area contributed by atoms with Crippen molar-refractivity contribution in [1.29, 1.82) is 0 Å². The molecule has 0 fully saturated rings. The number of aliphatic hydroxyl groups excluding tert-OH is 1. The van der Waals surface area contributed by atoms with Gasteiger partial charge >= 0.3 is 6.09 Å². The maximum Gasteiger partial charge on any atom is 0.408 e. The van der Waals surface area contributed by atoms with E-state index in [-0.39, 0.29) is 5.92 Å². The van der Waals surface area contributed by atoms with Gasteiger partial charge in [0.2, 0.25) is 11.8 Å². The molecule has 8 nitrogen and oxygen atoms in total. The number of aliphatic hydroxyl groups is 1. The van der Waals surface area contributed by atoms with Crippen molar-refractivity contribution in [2.45, 2.75) is 58.7 Å². The molecular formula is C14H27N3O5. The van der Waals surface area contributed by atoms with Crippen LogP contribution >= 0.6 is 0 Å². The number of amides is 3. The zero-order valence-electron chi connectivity index (χ0n) is 13.8. The fourth-order valence-corrected chi connectivity index (χ4v) is 1.63. The Morgan fingerprint density at radius 2 is 1.68 bits per heavy atom. The molecule has 0 spiro atoms. The summed E-state index contributed by atoms with van der Waals surface area (Å²) < 4.78 is 5.00. The molecule has 5 N–H and O–H groups in total. The molecule has 22 heavy (non-hydrogen) atoms. The van der Waals surface area contributed by atoms with Gasteiger partial charge in [-0.3, -0.25) is 9.59 Å². The van der Waals surface area contributed by atoms with Gasteiger partial charge in [-0.15, -0.1) is 0 Å². The summed E-state index contributed by atoms with van der Waals surface area (Å²) >= 11 is 0. The third kappa shape index (κ3) is 8.46. The van der Waals surface area contributed by atoms with Gasteiger partial charge in [-0.2, -0.15) is 0 Å². The lowest BCUT2D eigenvalue weighted by molar-refractivity contribution is -0.129. The molecule has 0 bridgehead atoms. The molecule has 0 aromatic rings. The fourth-order valence-electron chi connectivity index (χ4n) is 1.63. The minimum absolute atomic E-state index is 0.143. The predicted molar refractivity (Wildman–Crippen MR) is 80.8 cm³/mol. The average Bonchev–Trinajstić information content (AvgIpc) is 2.31. The smallest absolute Gasteiger partial charge is 0.408 e. The number of rotatable bonds is 7. The molecule has 0 aliphatic heterocycles. The Kier molecular flexibility index (Phi) is 7.86. The monoisotopic (exact) mass is 317 g/mol. The Morgan fingerprint density at radius 3 is 2.05 bits per heavy atom. The number of ether oxygens (including phenoxy) is 1. The third-order valence-corrected chi connectivity index (χ3v) is 2.56. The Bertz CT molecular complexity index is 404. The van der Waals surface area contributed by atoms with Crippen LogP contribution in [-0.2, 0) is 14.3 Å². The van der Waals surface area contributed by atoms with Crippen LogP contribution in [-0.4, -0.2) is 47.3 Å². The summed E-state index contributed by atoms with van der Waals surface area (Å²) in [5.41, 5.74) is 4.50. The second kappa shape index (κ2) is 8.57. The van der Waals surface area contributed by atoms with Crippen LogP contribution in [0.1, 0.15) is 41.0 Å². The van der Waals surface area contributed by atoms with E-state index >= 15 is 0 Å². The van der Waals surface area contributed by atoms with Crippen LogP contribution in [0.4, 0.5) is 4.79 Å². The lowest BCUT2D eigenvalue weighted by Gasteiger charge is -2.24. The minimum atomic E-state index is -1.22. The molecule has 0 saturated carbocycles.